The fourth-order valence-electron chi connectivity index (χ4n) is 3.16. The minimum absolute atomic E-state index is 0.0340. The van der Waals surface area contributed by atoms with Crippen molar-refractivity contribution in [3.8, 4) is 5.75 Å². The molecule has 0 aromatic heterocycles. The van der Waals surface area contributed by atoms with Crippen LogP contribution in [0.3, 0.4) is 0 Å². The van der Waals surface area contributed by atoms with Crippen molar-refractivity contribution in [2.24, 2.45) is 5.10 Å². The average molecular weight is 315 g/mol. The Hall–Kier alpha value is -2.37. The molecule has 122 valence electrons. The van der Waals surface area contributed by atoms with Crippen molar-refractivity contribution in [2.75, 3.05) is 13.7 Å². The summed E-state index contributed by atoms with van der Waals surface area (Å²) in [4.78, 5) is 25.9. The summed E-state index contributed by atoms with van der Waals surface area (Å²) in [5, 5.41) is 3.95. The van der Waals surface area contributed by atoms with E-state index in [2.05, 4.69) is 10.5 Å². The van der Waals surface area contributed by atoms with Crippen LogP contribution in [0.1, 0.15) is 43.7 Å². The second-order valence-corrected chi connectivity index (χ2v) is 5.88. The molecule has 0 aliphatic carbocycles. The maximum absolute atomic E-state index is 12.8. The van der Waals surface area contributed by atoms with Gasteiger partial charge in [0, 0.05) is 19.4 Å². The quantitative estimate of drug-likeness (QED) is 0.927. The number of methoxy groups -OCH3 is 1. The molecule has 2 amide bonds. The first-order chi connectivity index (χ1) is 11.2. The Balaban J connectivity index is 1.83. The fraction of sp³-hybridized carbons (Fsp3) is 0.471. The van der Waals surface area contributed by atoms with Gasteiger partial charge in [-0.05, 0) is 37.0 Å². The number of nitrogens with zero attached hydrogens (tertiary/aromatic N) is 2. The maximum Gasteiger partial charge on any atom is 0.270 e. The van der Waals surface area contributed by atoms with Gasteiger partial charge < -0.3 is 9.64 Å². The Labute approximate surface area is 135 Å². The molecule has 2 aliphatic rings. The highest BCUT2D eigenvalue weighted by atomic mass is 16.5. The molecule has 6 nitrogen and oxygen atoms in total. The van der Waals surface area contributed by atoms with Crippen molar-refractivity contribution in [3.05, 3.63) is 29.8 Å². The summed E-state index contributed by atoms with van der Waals surface area (Å²) in [7, 11) is 1.64. The SMILES string of the molecule is COc1cccc([C@@H]2CCCCN2C(=O)C2=NNC(=O)CC2)c1. The number of benzene rings is 1. The van der Waals surface area contributed by atoms with Crippen LogP contribution in [-0.2, 0) is 9.59 Å². The van der Waals surface area contributed by atoms with Crippen LogP contribution in [-0.4, -0.2) is 36.1 Å². The van der Waals surface area contributed by atoms with Gasteiger partial charge in [0.15, 0.2) is 0 Å². The minimum Gasteiger partial charge on any atom is -0.497 e. The second kappa shape index (κ2) is 6.81. The first-order valence-corrected chi connectivity index (χ1v) is 7.99. The molecule has 23 heavy (non-hydrogen) atoms. The van der Waals surface area contributed by atoms with Crippen LogP contribution < -0.4 is 10.2 Å². The van der Waals surface area contributed by atoms with Gasteiger partial charge in [-0.2, -0.15) is 5.10 Å². The van der Waals surface area contributed by atoms with Crippen molar-refractivity contribution in [1.82, 2.24) is 10.3 Å². The molecule has 1 aromatic rings. The van der Waals surface area contributed by atoms with Crippen LogP contribution in [0.15, 0.2) is 29.4 Å². The van der Waals surface area contributed by atoms with Crippen LogP contribution in [0.4, 0.5) is 0 Å². The van der Waals surface area contributed by atoms with E-state index in [1.54, 1.807) is 7.11 Å². The normalized spacial score (nSPS) is 21.4. The van der Waals surface area contributed by atoms with Crippen LogP contribution in [0, 0.1) is 0 Å². The number of piperidine rings is 1. The molecule has 1 saturated heterocycles. The van der Waals surface area contributed by atoms with Gasteiger partial charge in [-0.3, -0.25) is 9.59 Å². The van der Waals surface area contributed by atoms with Crippen molar-refractivity contribution in [3.63, 3.8) is 0 Å². The number of carbonyl (C=O) groups is 2. The number of nitrogens with one attached hydrogen (secondary N) is 1. The molecule has 0 bridgehead atoms. The van der Waals surface area contributed by atoms with Crippen molar-refractivity contribution < 1.29 is 14.3 Å². The smallest absolute Gasteiger partial charge is 0.270 e. The molecule has 3 rings (SSSR count). The summed E-state index contributed by atoms with van der Waals surface area (Å²) in [5.74, 6) is 0.588. The van der Waals surface area contributed by atoms with Crippen LogP contribution in [0.2, 0.25) is 0 Å². The molecule has 0 unspecified atom stereocenters. The van der Waals surface area contributed by atoms with Crippen molar-refractivity contribution in [1.29, 1.82) is 0 Å². The Kier molecular flexibility index (Phi) is 4.60. The largest absolute Gasteiger partial charge is 0.497 e. The van der Waals surface area contributed by atoms with Gasteiger partial charge in [0.25, 0.3) is 5.91 Å². The molecule has 1 atom stereocenters. The standard InChI is InChI=1S/C17H21N3O3/c1-23-13-6-4-5-12(11-13)15-7-2-3-10-20(15)17(22)14-8-9-16(21)19-18-14/h4-6,11,15H,2-3,7-10H2,1H3,(H,19,21)/t15-/m0/s1. The van der Waals surface area contributed by atoms with Crippen LogP contribution in [0.5, 0.6) is 5.75 Å². The Morgan fingerprint density at radius 2 is 2.22 bits per heavy atom. The Morgan fingerprint density at radius 3 is 2.96 bits per heavy atom. The lowest BCUT2D eigenvalue weighted by Gasteiger charge is -2.36. The van der Waals surface area contributed by atoms with Crippen molar-refractivity contribution >= 4 is 17.5 Å². The zero-order valence-corrected chi connectivity index (χ0v) is 13.2. The fourth-order valence-corrected chi connectivity index (χ4v) is 3.16. The number of carbonyl (C=O) groups excluding carboxylic acids is 2. The van der Waals surface area contributed by atoms with E-state index < -0.39 is 0 Å². The van der Waals surface area contributed by atoms with Crippen LogP contribution in [0.25, 0.3) is 0 Å². The van der Waals surface area contributed by atoms with E-state index in [1.807, 2.05) is 29.2 Å². The number of hydrogen-bond donors (Lipinski definition) is 1. The van der Waals surface area contributed by atoms with E-state index >= 15 is 0 Å². The summed E-state index contributed by atoms with van der Waals surface area (Å²) in [6.07, 6.45) is 3.74. The third-order valence-electron chi connectivity index (χ3n) is 4.39. The number of rotatable bonds is 3. The lowest BCUT2D eigenvalue weighted by molar-refractivity contribution is -0.128. The molecule has 2 heterocycles. The summed E-state index contributed by atoms with van der Waals surface area (Å²) in [5.41, 5.74) is 3.93. The number of hydrazone groups is 1. The van der Waals surface area contributed by atoms with E-state index in [1.165, 1.54) is 0 Å². The Bertz CT molecular complexity index is 642. The topological polar surface area (TPSA) is 71.0 Å². The predicted molar refractivity (Wildman–Crippen MR) is 86.1 cm³/mol. The Morgan fingerprint density at radius 1 is 1.35 bits per heavy atom. The van der Waals surface area contributed by atoms with Gasteiger partial charge in [0.1, 0.15) is 11.5 Å². The first kappa shape index (κ1) is 15.5. The number of likely N-dealkylation sites (tertiary alicyclic amines) is 1. The molecular formula is C17H21N3O3. The van der Waals surface area contributed by atoms with E-state index in [4.69, 9.17) is 4.74 Å². The molecule has 0 spiro atoms. The van der Waals surface area contributed by atoms with Gasteiger partial charge in [-0.15, -0.1) is 0 Å². The summed E-state index contributed by atoms with van der Waals surface area (Å²) >= 11 is 0. The van der Waals surface area contributed by atoms with Crippen LogP contribution >= 0.6 is 0 Å². The highest BCUT2D eigenvalue weighted by molar-refractivity contribution is 6.39. The minimum atomic E-state index is -0.135. The highest BCUT2D eigenvalue weighted by Gasteiger charge is 2.31. The molecular weight excluding hydrogens is 294 g/mol. The lowest BCUT2D eigenvalue weighted by atomic mass is 9.94. The summed E-state index contributed by atoms with van der Waals surface area (Å²) < 4.78 is 5.29. The third-order valence-corrected chi connectivity index (χ3v) is 4.39. The van der Waals surface area contributed by atoms with Gasteiger partial charge in [-0.25, -0.2) is 5.43 Å². The zero-order valence-electron chi connectivity index (χ0n) is 13.2. The lowest BCUT2D eigenvalue weighted by Crippen LogP contribution is -2.44. The summed E-state index contributed by atoms with van der Waals surface area (Å²) in [6, 6.07) is 7.90. The van der Waals surface area contributed by atoms with Gasteiger partial charge in [-0.1, -0.05) is 12.1 Å². The number of ether oxygens (including phenoxy) is 1. The maximum atomic E-state index is 12.8. The molecule has 1 fully saturated rings. The van der Waals surface area contributed by atoms with Gasteiger partial charge in [0.05, 0.1) is 13.2 Å². The highest BCUT2D eigenvalue weighted by Crippen LogP contribution is 2.33. The van der Waals surface area contributed by atoms with Crippen molar-refractivity contribution in [2.45, 2.75) is 38.1 Å². The number of hydrogen-bond acceptors (Lipinski definition) is 4. The van der Waals surface area contributed by atoms with E-state index in [0.717, 1.165) is 30.6 Å². The van der Waals surface area contributed by atoms with E-state index in [-0.39, 0.29) is 17.9 Å². The number of amides is 2. The molecule has 6 heteroatoms. The first-order valence-electron chi connectivity index (χ1n) is 7.99. The average Bonchev–Trinajstić information content (AvgIpc) is 2.62. The molecule has 0 saturated carbocycles. The van der Waals surface area contributed by atoms with Gasteiger partial charge >= 0.3 is 0 Å². The molecule has 1 N–H and O–H groups in total. The second-order valence-electron chi connectivity index (χ2n) is 5.88. The molecule has 0 radical (unpaired) electrons. The zero-order chi connectivity index (χ0) is 16.2. The molecule has 2 aliphatic heterocycles. The van der Waals surface area contributed by atoms with E-state index in [0.29, 0.717) is 25.1 Å². The third kappa shape index (κ3) is 3.36. The van der Waals surface area contributed by atoms with E-state index in [9.17, 15) is 9.59 Å². The molecule has 1 aromatic carbocycles. The monoisotopic (exact) mass is 315 g/mol. The predicted octanol–water partition coefficient (Wildman–Crippen LogP) is 2.01. The van der Waals surface area contributed by atoms with Gasteiger partial charge in [0.2, 0.25) is 5.91 Å². The summed E-state index contributed by atoms with van der Waals surface area (Å²) in [6.45, 7) is 0.716.